The van der Waals surface area contributed by atoms with E-state index in [-0.39, 0.29) is 5.78 Å². The number of unbranched alkanes of at least 4 members (excludes halogenated alkanes) is 1. The van der Waals surface area contributed by atoms with E-state index in [1.54, 1.807) is 12.1 Å². The highest BCUT2D eigenvalue weighted by Crippen LogP contribution is 2.13. The maximum atomic E-state index is 11.7. The van der Waals surface area contributed by atoms with Gasteiger partial charge in [0.15, 0.2) is 5.78 Å². The van der Waals surface area contributed by atoms with E-state index in [9.17, 15) is 4.79 Å². The molecule has 0 unspecified atom stereocenters. The first-order valence-corrected chi connectivity index (χ1v) is 5.57. The normalized spacial score (nSPS) is 11.5. The lowest BCUT2D eigenvalue weighted by molar-refractivity contribution is 0.104. The van der Waals surface area contributed by atoms with Gasteiger partial charge in [-0.3, -0.25) is 4.79 Å². The van der Waals surface area contributed by atoms with E-state index in [0.29, 0.717) is 10.6 Å². The molecule has 0 saturated heterocycles. The molecule has 0 radical (unpaired) electrons. The van der Waals surface area contributed by atoms with Gasteiger partial charge in [-0.25, -0.2) is 0 Å². The molecule has 0 saturated carbocycles. The summed E-state index contributed by atoms with van der Waals surface area (Å²) in [6.45, 7) is 2.10. The summed E-state index contributed by atoms with van der Waals surface area (Å²) in [5.74, 6) is -0.0169. The molecule has 15 heavy (non-hydrogen) atoms. The van der Waals surface area contributed by atoms with Crippen molar-refractivity contribution in [2.24, 2.45) is 0 Å². The number of hydrogen-bond donors (Lipinski definition) is 0. The van der Waals surface area contributed by atoms with Crippen LogP contribution in [0.5, 0.6) is 0 Å². The van der Waals surface area contributed by atoms with Crippen molar-refractivity contribution in [1.29, 1.82) is 0 Å². The minimum atomic E-state index is -0.0169. The number of allylic oxidation sites excluding steroid dienone is 2. The molecule has 0 atom stereocenters. The summed E-state index contributed by atoms with van der Waals surface area (Å²) in [4.78, 5) is 11.7. The molecule has 0 N–H and O–H groups in total. The first-order chi connectivity index (χ1) is 7.24. The molecule has 0 spiro atoms. The molecule has 0 fully saturated rings. The smallest absolute Gasteiger partial charge is 0.186 e. The van der Waals surface area contributed by atoms with Crippen LogP contribution < -0.4 is 0 Å². The maximum absolute atomic E-state index is 11.7. The number of rotatable bonds is 5. The van der Waals surface area contributed by atoms with E-state index in [2.05, 4.69) is 6.92 Å². The van der Waals surface area contributed by atoms with Crippen LogP contribution in [0.4, 0.5) is 0 Å². The van der Waals surface area contributed by atoms with Crippen molar-refractivity contribution in [3.8, 4) is 0 Å². The molecule has 1 nitrogen and oxygen atoms in total. The predicted octanol–water partition coefficient (Wildman–Crippen LogP) is 4.18. The Morgan fingerprint density at radius 1 is 1.33 bits per heavy atom. The highest BCUT2D eigenvalue weighted by atomic mass is 35.5. The van der Waals surface area contributed by atoms with Crippen LogP contribution in [0.2, 0.25) is 0 Å². The van der Waals surface area contributed by atoms with E-state index >= 15 is 0 Å². The predicted molar refractivity (Wildman–Crippen MR) is 64.2 cm³/mol. The van der Waals surface area contributed by atoms with Crippen molar-refractivity contribution < 1.29 is 4.79 Å². The third kappa shape index (κ3) is 4.30. The Labute approximate surface area is 95.8 Å². The number of benzene rings is 1. The molecule has 0 aliphatic rings. The van der Waals surface area contributed by atoms with Crippen molar-refractivity contribution in [2.75, 3.05) is 0 Å². The molecular weight excluding hydrogens is 208 g/mol. The van der Waals surface area contributed by atoms with Crippen LogP contribution in [-0.2, 0) is 0 Å². The summed E-state index contributed by atoms with van der Waals surface area (Å²) in [5, 5.41) is 0.644. The van der Waals surface area contributed by atoms with Crippen LogP contribution in [0.15, 0.2) is 41.4 Å². The second kappa shape index (κ2) is 6.41. The fourth-order valence-electron chi connectivity index (χ4n) is 1.25. The number of ketones is 1. The maximum Gasteiger partial charge on any atom is 0.186 e. The van der Waals surface area contributed by atoms with Crippen LogP contribution in [0.3, 0.4) is 0 Å². The van der Waals surface area contributed by atoms with Crippen LogP contribution in [0.1, 0.15) is 36.5 Å². The average molecular weight is 223 g/mol. The summed E-state index contributed by atoms with van der Waals surface area (Å²) in [6, 6.07) is 9.17. The number of halogens is 1. The number of hydrogen-bond acceptors (Lipinski definition) is 1. The average Bonchev–Trinajstić information content (AvgIpc) is 2.27. The van der Waals surface area contributed by atoms with Gasteiger partial charge in [-0.15, -0.1) is 0 Å². The Balaban J connectivity index is 2.62. The molecular formula is C13H15ClO. The number of carbonyl (C=O) groups is 1. The Morgan fingerprint density at radius 3 is 2.60 bits per heavy atom. The molecule has 1 rings (SSSR count). The van der Waals surface area contributed by atoms with Crippen molar-refractivity contribution in [1.82, 2.24) is 0 Å². The minimum absolute atomic E-state index is 0.0169. The van der Waals surface area contributed by atoms with Crippen molar-refractivity contribution in [3.63, 3.8) is 0 Å². The zero-order chi connectivity index (χ0) is 11.1. The molecule has 0 aliphatic heterocycles. The first kappa shape index (κ1) is 12.0. The van der Waals surface area contributed by atoms with E-state index in [0.717, 1.165) is 19.3 Å². The van der Waals surface area contributed by atoms with Crippen LogP contribution in [0, 0.1) is 0 Å². The van der Waals surface area contributed by atoms with Crippen molar-refractivity contribution >= 4 is 17.4 Å². The van der Waals surface area contributed by atoms with E-state index in [1.165, 1.54) is 6.08 Å². The summed E-state index contributed by atoms with van der Waals surface area (Å²) in [7, 11) is 0. The van der Waals surface area contributed by atoms with Crippen LogP contribution >= 0.6 is 11.6 Å². The van der Waals surface area contributed by atoms with Gasteiger partial charge in [-0.05, 0) is 12.8 Å². The molecule has 0 aromatic heterocycles. The lowest BCUT2D eigenvalue weighted by Crippen LogP contribution is -1.94. The van der Waals surface area contributed by atoms with E-state index < -0.39 is 0 Å². The molecule has 2 heteroatoms. The molecule has 0 bridgehead atoms. The van der Waals surface area contributed by atoms with Gasteiger partial charge in [0.25, 0.3) is 0 Å². The van der Waals surface area contributed by atoms with E-state index in [1.807, 2.05) is 18.2 Å². The van der Waals surface area contributed by atoms with Gasteiger partial charge in [-0.2, -0.15) is 0 Å². The van der Waals surface area contributed by atoms with Crippen molar-refractivity contribution in [2.45, 2.75) is 26.2 Å². The monoisotopic (exact) mass is 222 g/mol. The molecule has 80 valence electrons. The highest BCUT2D eigenvalue weighted by molar-refractivity contribution is 6.31. The standard InChI is InChI=1S/C13H15ClO/c1-2-3-9-12(14)10-13(15)11-7-5-4-6-8-11/h4-8,10H,2-3,9H2,1H3/b12-10+. The van der Waals surface area contributed by atoms with Gasteiger partial charge in [0, 0.05) is 16.7 Å². The second-order valence-electron chi connectivity index (χ2n) is 3.43. The summed E-state index contributed by atoms with van der Waals surface area (Å²) < 4.78 is 0. The van der Waals surface area contributed by atoms with Gasteiger partial charge in [0.1, 0.15) is 0 Å². The third-order valence-electron chi connectivity index (χ3n) is 2.12. The summed E-state index contributed by atoms with van der Waals surface area (Å²) >= 11 is 5.94. The Bertz CT molecular complexity index is 341. The largest absolute Gasteiger partial charge is 0.289 e. The minimum Gasteiger partial charge on any atom is -0.289 e. The van der Waals surface area contributed by atoms with Crippen LogP contribution in [-0.4, -0.2) is 5.78 Å². The summed E-state index contributed by atoms with van der Waals surface area (Å²) in [6.07, 6.45) is 4.42. The highest BCUT2D eigenvalue weighted by Gasteiger charge is 2.02. The lowest BCUT2D eigenvalue weighted by Gasteiger charge is -1.97. The van der Waals surface area contributed by atoms with Gasteiger partial charge in [-0.1, -0.05) is 55.3 Å². The molecule has 1 aromatic rings. The van der Waals surface area contributed by atoms with Gasteiger partial charge in [0.2, 0.25) is 0 Å². The zero-order valence-electron chi connectivity index (χ0n) is 8.87. The molecule has 0 aliphatic carbocycles. The zero-order valence-corrected chi connectivity index (χ0v) is 9.63. The Hall–Kier alpha value is -1.08. The molecule has 1 aromatic carbocycles. The number of carbonyl (C=O) groups excluding carboxylic acids is 1. The fraction of sp³-hybridized carbons (Fsp3) is 0.308. The SMILES string of the molecule is CCCC/C(Cl)=C\C(=O)c1ccccc1. The molecule has 0 heterocycles. The molecule has 0 amide bonds. The van der Waals surface area contributed by atoms with E-state index in [4.69, 9.17) is 11.6 Å². The summed E-state index contributed by atoms with van der Waals surface area (Å²) in [5.41, 5.74) is 0.687. The Kier molecular flexibility index (Phi) is 5.13. The Morgan fingerprint density at radius 2 is 2.00 bits per heavy atom. The fourth-order valence-corrected chi connectivity index (χ4v) is 1.48. The van der Waals surface area contributed by atoms with Gasteiger partial charge in [0.05, 0.1) is 0 Å². The van der Waals surface area contributed by atoms with Gasteiger partial charge < -0.3 is 0 Å². The first-order valence-electron chi connectivity index (χ1n) is 5.19. The quantitative estimate of drug-likeness (QED) is 0.540. The van der Waals surface area contributed by atoms with Crippen molar-refractivity contribution in [3.05, 3.63) is 47.0 Å². The second-order valence-corrected chi connectivity index (χ2v) is 3.91. The lowest BCUT2D eigenvalue weighted by atomic mass is 10.1. The van der Waals surface area contributed by atoms with Gasteiger partial charge >= 0.3 is 0 Å². The van der Waals surface area contributed by atoms with Crippen LogP contribution in [0.25, 0.3) is 0 Å². The topological polar surface area (TPSA) is 17.1 Å². The third-order valence-corrected chi connectivity index (χ3v) is 2.41.